The Labute approximate surface area is 73.4 Å². The van der Waals surface area contributed by atoms with Crippen LogP contribution in [0, 0.1) is 0 Å². The Balaban J connectivity index is 2.35. The summed E-state index contributed by atoms with van der Waals surface area (Å²) >= 11 is 0. The molecule has 0 bridgehead atoms. The highest BCUT2D eigenvalue weighted by Crippen LogP contribution is 2.26. The maximum absolute atomic E-state index is 5.69. The maximum atomic E-state index is 5.69. The number of rotatable bonds is 0. The fourth-order valence-electron chi connectivity index (χ4n) is 1.65. The van der Waals surface area contributed by atoms with Gasteiger partial charge in [0.2, 0.25) is 0 Å². The van der Waals surface area contributed by atoms with Crippen molar-refractivity contribution in [2.45, 2.75) is 32.5 Å². The summed E-state index contributed by atoms with van der Waals surface area (Å²) in [4.78, 5) is 0. The molecule has 12 heavy (non-hydrogen) atoms. The second-order valence-corrected chi connectivity index (χ2v) is 3.99. The lowest BCUT2D eigenvalue weighted by Crippen LogP contribution is -2.31. The number of benzene rings is 1. The van der Waals surface area contributed by atoms with Gasteiger partial charge in [0, 0.05) is 6.42 Å². The lowest BCUT2D eigenvalue weighted by Gasteiger charge is -2.31. The van der Waals surface area contributed by atoms with E-state index in [-0.39, 0.29) is 5.60 Å². The molecule has 64 valence electrons. The molecule has 0 saturated carbocycles. The number of hydrogen-bond acceptors (Lipinski definition) is 1. The molecule has 0 radical (unpaired) electrons. The predicted molar refractivity (Wildman–Crippen MR) is 49.0 cm³/mol. The van der Waals surface area contributed by atoms with Crippen molar-refractivity contribution >= 4 is 0 Å². The van der Waals surface area contributed by atoms with Gasteiger partial charge >= 0.3 is 0 Å². The quantitative estimate of drug-likeness (QED) is 0.569. The van der Waals surface area contributed by atoms with Gasteiger partial charge in [-0.15, -0.1) is 0 Å². The van der Waals surface area contributed by atoms with E-state index in [2.05, 4.69) is 38.1 Å². The summed E-state index contributed by atoms with van der Waals surface area (Å²) in [6.07, 6.45) is 1.03. The van der Waals surface area contributed by atoms with Gasteiger partial charge in [0.25, 0.3) is 0 Å². The number of fused-ring (bicyclic) bond motifs is 1. The summed E-state index contributed by atoms with van der Waals surface area (Å²) in [5.74, 6) is 0. The van der Waals surface area contributed by atoms with E-state index >= 15 is 0 Å². The van der Waals surface area contributed by atoms with E-state index in [9.17, 15) is 0 Å². The van der Waals surface area contributed by atoms with Crippen LogP contribution in [0.25, 0.3) is 0 Å². The Morgan fingerprint density at radius 1 is 1.17 bits per heavy atom. The standard InChI is InChI=1S/C11H14O/c1-11(2)7-9-5-3-4-6-10(9)8-12-11/h3-6H,7-8H2,1-2H3. The number of ether oxygens (including phenoxy) is 1. The van der Waals surface area contributed by atoms with Crippen molar-refractivity contribution in [1.29, 1.82) is 0 Å². The molecule has 0 saturated heterocycles. The molecule has 1 aromatic carbocycles. The molecule has 1 heterocycles. The Morgan fingerprint density at radius 2 is 1.83 bits per heavy atom. The van der Waals surface area contributed by atoms with Gasteiger partial charge in [-0.2, -0.15) is 0 Å². The van der Waals surface area contributed by atoms with E-state index in [0.29, 0.717) is 0 Å². The average Bonchev–Trinajstić information content (AvgIpc) is 2.02. The third kappa shape index (κ3) is 1.37. The van der Waals surface area contributed by atoms with Crippen LogP contribution in [0.3, 0.4) is 0 Å². The van der Waals surface area contributed by atoms with Crippen LogP contribution >= 0.6 is 0 Å². The number of hydrogen-bond donors (Lipinski definition) is 0. The van der Waals surface area contributed by atoms with E-state index in [1.807, 2.05) is 0 Å². The largest absolute Gasteiger partial charge is 0.371 e. The molecule has 2 rings (SSSR count). The first-order valence-corrected chi connectivity index (χ1v) is 4.38. The van der Waals surface area contributed by atoms with E-state index in [0.717, 1.165) is 13.0 Å². The molecule has 0 amide bonds. The molecule has 1 aromatic rings. The topological polar surface area (TPSA) is 9.23 Å². The SMILES string of the molecule is CC1(C)Cc2ccccc2CO1. The molecule has 0 spiro atoms. The van der Waals surface area contributed by atoms with Crippen LogP contribution in [0.15, 0.2) is 24.3 Å². The molecule has 1 heteroatoms. The smallest absolute Gasteiger partial charge is 0.0727 e. The van der Waals surface area contributed by atoms with Gasteiger partial charge in [-0.3, -0.25) is 0 Å². The van der Waals surface area contributed by atoms with Crippen LogP contribution in [0.4, 0.5) is 0 Å². The summed E-state index contributed by atoms with van der Waals surface area (Å²) in [5, 5.41) is 0. The monoisotopic (exact) mass is 162 g/mol. The van der Waals surface area contributed by atoms with E-state index in [4.69, 9.17) is 4.74 Å². The zero-order valence-corrected chi connectivity index (χ0v) is 7.63. The summed E-state index contributed by atoms with van der Waals surface area (Å²) in [7, 11) is 0. The summed E-state index contributed by atoms with van der Waals surface area (Å²) in [5.41, 5.74) is 2.81. The van der Waals surface area contributed by atoms with Gasteiger partial charge in [-0.1, -0.05) is 24.3 Å². The fraction of sp³-hybridized carbons (Fsp3) is 0.455. The van der Waals surface area contributed by atoms with Gasteiger partial charge in [0.1, 0.15) is 0 Å². The molecule has 0 N–H and O–H groups in total. The first-order valence-electron chi connectivity index (χ1n) is 4.38. The molecule has 1 aliphatic rings. The zero-order chi connectivity index (χ0) is 8.60. The maximum Gasteiger partial charge on any atom is 0.0727 e. The Morgan fingerprint density at radius 3 is 2.58 bits per heavy atom. The minimum Gasteiger partial charge on any atom is -0.371 e. The van der Waals surface area contributed by atoms with Gasteiger partial charge in [-0.25, -0.2) is 0 Å². The van der Waals surface area contributed by atoms with E-state index in [1.54, 1.807) is 0 Å². The third-order valence-corrected chi connectivity index (χ3v) is 2.35. The first-order chi connectivity index (χ1) is 5.67. The highest BCUT2D eigenvalue weighted by atomic mass is 16.5. The molecular formula is C11H14O. The van der Waals surface area contributed by atoms with Gasteiger partial charge in [-0.05, 0) is 25.0 Å². The van der Waals surface area contributed by atoms with Crippen LogP contribution in [-0.4, -0.2) is 5.60 Å². The molecule has 0 fully saturated rings. The minimum atomic E-state index is 0.0222. The summed E-state index contributed by atoms with van der Waals surface area (Å²) in [6, 6.07) is 8.50. The minimum absolute atomic E-state index is 0.0222. The van der Waals surface area contributed by atoms with Crippen LogP contribution in [-0.2, 0) is 17.8 Å². The highest BCUT2D eigenvalue weighted by Gasteiger charge is 2.24. The third-order valence-electron chi connectivity index (χ3n) is 2.35. The van der Waals surface area contributed by atoms with Gasteiger partial charge in [0.05, 0.1) is 12.2 Å². The van der Waals surface area contributed by atoms with Crippen molar-refractivity contribution in [3.8, 4) is 0 Å². The summed E-state index contributed by atoms with van der Waals surface area (Å²) in [6.45, 7) is 5.05. The van der Waals surface area contributed by atoms with Crippen molar-refractivity contribution < 1.29 is 4.74 Å². The molecule has 0 atom stereocenters. The Bertz CT molecular complexity index is 289. The van der Waals surface area contributed by atoms with Gasteiger partial charge in [0.15, 0.2) is 0 Å². The van der Waals surface area contributed by atoms with Crippen molar-refractivity contribution in [2.75, 3.05) is 0 Å². The van der Waals surface area contributed by atoms with Crippen molar-refractivity contribution in [1.82, 2.24) is 0 Å². The molecule has 0 aromatic heterocycles. The summed E-state index contributed by atoms with van der Waals surface area (Å²) < 4.78 is 5.69. The van der Waals surface area contributed by atoms with E-state index in [1.165, 1.54) is 11.1 Å². The molecule has 0 unspecified atom stereocenters. The molecule has 0 aliphatic carbocycles. The highest BCUT2D eigenvalue weighted by molar-refractivity contribution is 5.29. The second-order valence-electron chi connectivity index (χ2n) is 3.99. The van der Waals surface area contributed by atoms with Crippen molar-refractivity contribution in [3.63, 3.8) is 0 Å². The van der Waals surface area contributed by atoms with E-state index < -0.39 is 0 Å². The second kappa shape index (κ2) is 2.60. The zero-order valence-electron chi connectivity index (χ0n) is 7.63. The van der Waals surface area contributed by atoms with Crippen molar-refractivity contribution in [3.05, 3.63) is 35.4 Å². The average molecular weight is 162 g/mol. The lowest BCUT2D eigenvalue weighted by atomic mass is 9.92. The van der Waals surface area contributed by atoms with Crippen molar-refractivity contribution in [2.24, 2.45) is 0 Å². The predicted octanol–water partition coefficient (Wildman–Crippen LogP) is 2.54. The lowest BCUT2D eigenvalue weighted by molar-refractivity contribution is -0.0400. The normalized spacial score (nSPS) is 20.2. The Kier molecular flexibility index (Phi) is 1.69. The molecular weight excluding hydrogens is 148 g/mol. The fourth-order valence-corrected chi connectivity index (χ4v) is 1.65. The van der Waals surface area contributed by atoms with Crippen LogP contribution in [0.5, 0.6) is 0 Å². The van der Waals surface area contributed by atoms with Crippen LogP contribution in [0.1, 0.15) is 25.0 Å². The Hall–Kier alpha value is -0.820. The first kappa shape index (κ1) is 7.81. The van der Waals surface area contributed by atoms with Crippen LogP contribution in [0.2, 0.25) is 0 Å². The molecule has 1 nitrogen and oxygen atoms in total. The van der Waals surface area contributed by atoms with Crippen LogP contribution < -0.4 is 0 Å². The molecule has 1 aliphatic heterocycles. The van der Waals surface area contributed by atoms with Gasteiger partial charge < -0.3 is 4.74 Å².